The Labute approximate surface area is 194 Å². The average molecular weight is 476 g/mol. The highest BCUT2D eigenvalue weighted by Gasteiger charge is 2.38. The summed E-state index contributed by atoms with van der Waals surface area (Å²) in [6.07, 6.45) is 2.01. The van der Waals surface area contributed by atoms with Crippen molar-refractivity contribution in [1.82, 2.24) is 5.32 Å². The predicted molar refractivity (Wildman–Crippen MR) is 124 cm³/mol. The average Bonchev–Trinajstić information content (AvgIpc) is 2.74. The van der Waals surface area contributed by atoms with E-state index in [9.17, 15) is 10.1 Å². The van der Waals surface area contributed by atoms with Crippen LogP contribution in [0.3, 0.4) is 0 Å². The van der Waals surface area contributed by atoms with Crippen LogP contribution in [0.5, 0.6) is 0 Å². The van der Waals surface area contributed by atoms with Gasteiger partial charge in [0.2, 0.25) is 0 Å². The van der Waals surface area contributed by atoms with E-state index in [0.29, 0.717) is 44.0 Å². The number of halogens is 3. The second-order valence-electron chi connectivity index (χ2n) is 7.10. The molecule has 7 heteroatoms. The van der Waals surface area contributed by atoms with Crippen molar-refractivity contribution in [2.75, 3.05) is 0 Å². The molecule has 1 aliphatic heterocycles. The summed E-state index contributed by atoms with van der Waals surface area (Å²) in [6.45, 7) is 0. The van der Waals surface area contributed by atoms with E-state index < -0.39 is 5.92 Å². The van der Waals surface area contributed by atoms with Crippen molar-refractivity contribution >= 4 is 52.3 Å². The molecule has 4 rings (SSSR count). The molecule has 1 unspecified atom stereocenters. The lowest BCUT2D eigenvalue weighted by molar-refractivity contribution is -0.116. The summed E-state index contributed by atoms with van der Waals surface area (Å²) < 4.78 is 0. The summed E-state index contributed by atoms with van der Waals surface area (Å²) in [5.41, 5.74) is 3.63. The number of hydrogen-bond donors (Lipinski definition) is 1. The summed E-state index contributed by atoms with van der Waals surface area (Å²) in [7, 11) is 0. The van der Waals surface area contributed by atoms with Crippen molar-refractivity contribution in [3.8, 4) is 6.07 Å². The van der Waals surface area contributed by atoms with Crippen LogP contribution in [0.1, 0.15) is 36.3 Å². The third-order valence-electron chi connectivity index (χ3n) is 5.29. The Morgan fingerprint density at radius 2 is 1.83 bits per heavy atom. The van der Waals surface area contributed by atoms with Gasteiger partial charge in [-0.2, -0.15) is 5.26 Å². The van der Waals surface area contributed by atoms with Gasteiger partial charge in [0, 0.05) is 28.5 Å². The number of carbonyl (C=O) groups excluding carboxylic acids is 1. The molecule has 1 atom stereocenters. The Morgan fingerprint density at radius 3 is 2.60 bits per heavy atom. The highest BCUT2D eigenvalue weighted by molar-refractivity contribution is 8.02. The van der Waals surface area contributed by atoms with E-state index in [1.807, 2.05) is 30.3 Å². The van der Waals surface area contributed by atoms with Crippen LogP contribution in [0, 0.1) is 11.3 Å². The second-order valence-corrected chi connectivity index (χ2v) is 9.28. The maximum absolute atomic E-state index is 12.9. The van der Waals surface area contributed by atoms with Crippen LogP contribution in [0.2, 0.25) is 15.1 Å². The Morgan fingerprint density at radius 1 is 1.07 bits per heavy atom. The molecule has 1 aliphatic carbocycles. The summed E-state index contributed by atoms with van der Waals surface area (Å²) in [4.78, 5) is 12.9. The van der Waals surface area contributed by atoms with Gasteiger partial charge in [-0.3, -0.25) is 4.79 Å². The largest absolute Gasteiger partial charge is 0.352 e. The van der Waals surface area contributed by atoms with Crippen molar-refractivity contribution < 1.29 is 4.79 Å². The van der Waals surface area contributed by atoms with Crippen LogP contribution in [-0.2, 0) is 10.5 Å². The van der Waals surface area contributed by atoms with Gasteiger partial charge in [-0.1, -0.05) is 65.1 Å². The lowest BCUT2D eigenvalue weighted by Crippen LogP contribution is -2.31. The first kappa shape index (κ1) is 21.3. The number of hydrogen-bond acceptors (Lipinski definition) is 4. The number of dihydropyridines is 1. The van der Waals surface area contributed by atoms with Gasteiger partial charge in [0.1, 0.15) is 0 Å². The molecule has 0 amide bonds. The number of Topliss-reactive ketones (excluding diaryl/α,β-unsaturated/α-hetero) is 1. The van der Waals surface area contributed by atoms with Gasteiger partial charge >= 0.3 is 0 Å². The first-order valence-electron chi connectivity index (χ1n) is 9.49. The van der Waals surface area contributed by atoms with Crippen molar-refractivity contribution in [2.45, 2.75) is 30.9 Å². The number of benzene rings is 2. The minimum Gasteiger partial charge on any atom is -0.352 e. The van der Waals surface area contributed by atoms with Crippen molar-refractivity contribution in [3.05, 3.63) is 90.5 Å². The monoisotopic (exact) mass is 474 g/mol. The molecular weight excluding hydrogens is 459 g/mol. The van der Waals surface area contributed by atoms with Crippen LogP contribution in [-0.4, -0.2) is 5.78 Å². The van der Waals surface area contributed by atoms with Gasteiger partial charge in [0.05, 0.1) is 32.6 Å². The fourth-order valence-electron chi connectivity index (χ4n) is 3.86. The number of allylic oxidation sites excluding steroid dienone is 3. The number of thioether (sulfide) groups is 1. The Hall–Kier alpha value is -1.90. The Bertz CT molecular complexity index is 1130. The molecule has 30 heavy (non-hydrogen) atoms. The fourth-order valence-corrected chi connectivity index (χ4v) is 5.62. The van der Waals surface area contributed by atoms with Crippen molar-refractivity contribution in [1.29, 1.82) is 5.26 Å². The molecule has 0 fully saturated rings. The molecule has 3 nitrogen and oxygen atoms in total. The molecule has 0 bridgehead atoms. The first-order valence-corrected chi connectivity index (χ1v) is 11.6. The van der Waals surface area contributed by atoms with Crippen molar-refractivity contribution in [3.63, 3.8) is 0 Å². The Balaban J connectivity index is 1.80. The summed E-state index contributed by atoms with van der Waals surface area (Å²) in [6, 6.07) is 15.3. The van der Waals surface area contributed by atoms with Crippen LogP contribution in [0.25, 0.3) is 0 Å². The summed E-state index contributed by atoms with van der Waals surface area (Å²) in [5, 5.41) is 15.6. The molecule has 2 aromatic rings. The van der Waals surface area contributed by atoms with Gasteiger partial charge in [0.25, 0.3) is 0 Å². The van der Waals surface area contributed by atoms with Crippen LogP contribution in [0.15, 0.2) is 64.3 Å². The third-order valence-corrected chi connectivity index (χ3v) is 7.55. The number of nitriles is 1. The summed E-state index contributed by atoms with van der Waals surface area (Å²) >= 11 is 20.6. The maximum Gasteiger partial charge on any atom is 0.161 e. The van der Waals surface area contributed by atoms with Gasteiger partial charge in [0.15, 0.2) is 5.78 Å². The lowest BCUT2D eigenvalue weighted by atomic mass is 9.77. The van der Waals surface area contributed by atoms with E-state index in [4.69, 9.17) is 34.8 Å². The number of ketones is 1. The van der Waals surface area contributed by atoms with Gasteiger partial charge < -0.3 is 5.32 Å². The quantitative estimate of drug-likeness (QED) is 0.517. The summed E-state index contributed by atoms with van der Waals surface area (Å²) in [5.74, 6) is 0.117. The zero-order chi connectivity index (χ0) is 21.3. The normalized spacial score (nSPS) is 18.7. The third kappa shape index (κ3) is 4.00. The maximum atomic E-state index is 12.9. The van der Waals surface area contributed by atoms with E-state index >= 15 is 0 Å². The van der Waals surface area contributed by atoms with Crippen LogP contribution in [0.4, 0.5) is 0 Å². The van der Waals surface area contributed by atoms with Gasteiger partial charge in [-0.05, 0) is 36.1 Å². The zero-order valence-corrected chi connectivity index (χ0v) is 18.9. The topological polar surface area (TPSA) is 52.9 Å². The fraction of sp³-hybridized carbons (Fsp3) is 0.217. The minimum atomic E-state index is -0.529. The molecule has 0 radical (unpaired) electrons. The lowest BCUT2D eigenvalue weighted by Gasteiger charge is -2.33. The highest BCUT2D eigenvalue weighted by atomic mass is 35.5. The first-order chi connectivity index (χ1) is 14.5. The van der Waals surface area contributed by atoms with Crippen molar-refractivity contribution in [2.24, 2.45) is 0 Å². The van der Waals surface area contributed by atoms with Crippen LogP contribution >= 0.6 is 46.6 Å². The van der Waals surface area contributed by atoms with E-state index in [1.165, 1.54) is 11.8 Å². The molecule has 0 aromatic heterocycles. The SMILES string of the molecule is N#CC1=C(SCc2ccccc2Cl)NC2=C(C(=O)CCC2)C1c1cccc(Cl)c1Cl. The Kier molecular flexibility index (Phi) is 6.46. The van der Waals surface area contributed by atoms with E-state index in [1.54, 1.807) is 12.1 Å². The van der Waals surface area contributed by atoms with Gasteiger partial charge in [-0.15, -0.1) is 11.8 Å². The van der Waals surface area contributed by atoms with E-state index in [2.05, 4.69) is 11.4 Å². The molecule has 0 spiro atoms. The molecule has 2 aliphatic rings. The van der Waals surface area contributed by atoms with Crippen LogP contribution < -0.4 is 5.32 Å². The molecule has 0 saturated carbocycles. The highest BCUT2D eigenvalue weighted by Crippen LogP contribution is 2.47. The molecule has 1 N–H and O–H groups in total. The van der Waals surface area contributed by atoms with E-state index in [0.717, 1.165) is 29.1 Å². The smallest absolute Gasteiger partial charge is 0.161 e. The molecule has 1 heterocycles. The molecule has 152 valence electrons. The zero-order valence-electron chi connectivity index (χ0n) is 15.8. The van der Waals surface area contributed by atoms with E-state index in [-0.39, 0.29) is 5.78 Å². The molecular formula is C23H17Cl3N2OS. The standard InChI is InChI=1S/C23H17Cl3N2OS/c24-16-7-2-1-5-13(16)12-30-23-15(11-27)20(14-6-3-8-17(25)22(14)26)21-18(28-23)9-4-10-19(21)29/h1-3,5-8,20,28H,4,9-10,12H2. The predicted octanol–water partition coefficient (Wildman–Crippen LogP) is 7.01. The number of nitrogens with zero attached hydrogens (tertiary/aromatic N) is 1. The second kappa shape index (κ2) is 9.08. The number of rotatable bonds is 4. The number of carbonyl (C=O) groups is 1. The molecule has 2 aromatic carbocycles. The van der Waals surface area contributed by atoms with Gasteiger partial charge in [-0.25, -0.2) is 0 Å². The molecule has 0 saturated heterocycles. The minimum absolute atomic E-state index is 0.0488. The number of nitrogens with one attached hydrogen (secondary N) is 1.